The van der Waals surface area contributed by atoms with Crippen molar-refractivity contribution in [2.45, 2.75) is 6.92 Å². The van der Waals surface area contributed by atoms with Gasteiger partial charge in [0.1, 0.15) is 16.8 Å². The van der Waals surface area contributed by atoms with Crippen molar-refractivity contribution in [3.8, 4) is 6.07 Å². The topological polar surface area (TPSA) is 77.8 Å². The Bertz CT molecular complexity index is 883. The second kappa shape index (κ2) is 8.67. The van der Waals surface area contributed by atoms with Gasteiger partial charge in [-0.05, 0) is 30.7 Å². The highest BCUT2D eigenvalue weighted by Gasteiger charge is 2.13. The number of rotatable bonds is 6. The highest BCUT2D eigenvalue weighted by molar-refractivity contribution is 7.17. The lowest BCUT2D eigenvalue weighted by Crippen LogP contribution is -2.24. The minimum Gasteiger partial charge on any atom is -0.348 e. The van der Waals surface area contributed by atoms with Crippen LogP contribution in [0.3, 0.4) is 0 Å². The van der Waals surface area contributed by atoms with Gasteiger partial charge in [-0.1, -0.05) is 46.7 Å². The largest absolute Gasteiger partial charge is 0.348 e. The van der Waals surface area contributed by atoms with E-state index in [1.54, 1.807) is 6.07 Å². The first-order valence-electron chi connectivity index (χ1n) is 7.15. The average Bonchev–Trinajstić information content (AvgIpc) is 2.93. The highest BCUT2D eigenvalue weighted by Crippen LogP contribution is 2.32. The van der Waals surface area contributed by atoms with E-state index in [9.17, 15) is 4.79 Å². The number of nitrogens with zero attached hydrogens (tertiary/aromatic N) is 2. The molecule has 8 heteroatoms. The lowest BCUT2D eigenvalue weighted by molar-refractivity contribution is -0.116. The Balaban J connectivity index is 2.22. The highest BCUT2D eigenvalue weighted by atomic mass is 35.5. The fourth-order valence-corrected chi connectivity index (χ4v) is 3.10. The van der Waals surface area contributed by atoms with Gasteiger partial charge in [0.05, 0.1) is 4.88 Å². The molecule has 0 atom stereocenters. The van der Waals surface area contributed by atoms with Gasteiger partial charge >= 0.3 is 0 Å². The van der Waals surface area contributed by atoms with Gasteiger partial charge in [0.2, 0.25) is 0 Å². The van der Waals surface area contributed by atoms with Gasteiger partial charge in [0, 0.05) is 17.3 Å². The van der Waals surface area contributed by atoms with Crippen molar-refractivity contribution in [1.82, 2.24) is 10.3 Å². The standard InChI is InChI=1S/C17H14Cl2N4OS/c1-3-6-21-16(24)11(9-20)7-14-15(19)23-17(25-14)22-12-5-4-10(2)13(18)8-12/h3-5,7-8H,1,6H2,2H3,(H,21,24)(H,22,23)/b11-7+. The second-order valence-corrected chi connectivity index (χ2v) is 6.73. The molecule has 1 heterocycles. The first-order valence-corrected chi connectivity index (χ1v) is 8.72. The molecule has 1 aromatic carbocycles. The quantitative estimate of drug-likeness (QED) is 0.423. The molecule has 25 heavy (non-hydrogen) atoms. The fraction of sp³-hybridized carbons (Fsp3) is 0.118. The number of carbonyl (C=O) groups excluding carboxylic acids is 1. The van der Waals surface area contributed by atoms with E-state index in [1.165, 1.54) is 23.5 Å². The summed E-state index contributed by atoms with van der Waals surface area (Å²) in [5.41, 5.74) is 1.68. The smallest absolute Gasteiger partial charge is 0.262 e. The third kappa shape index (κ3) is 5.07. The first kappa shape index (κ1) is 19.0. The van der Waals surface area contributed by atoms with Gasteiger partial charge in [-0.25, -0.2) is 4.98 Å². The molecule has 2 rings (SSSR count). The summed E-state index contributed by atoms with van der Waals surface area (Å²) in [6.45, 7) is 5.69. The molecule has 0 aliphatic heterocycles. The van der Waals surface area contributed by atoms with Crippen molar-refractivity contribution in [2.24, 2.45) is 0 Å². The van der Waals surface area contributed by atoms with Crippen molar-refractivity contribution in [1.29, 1.82) is 5.26 Å². The average molecular weight is 393 g/mol. The van der Waals surface area contributed by atoms with Crippen LogP contribution in [-0.4, -0.2) is 17.4 Å². The Labute approximate surface area is 159 Å². The summed E-state index contributed by atoms with van der Waals surface area (Å²) in [5, 5.41) is 16.2. The van der Waals surface area contributed by atoms with Crippen LogP contribution in [-0.2, 0) is 4.79 Å². The lowest BCUT2D eigenvalue weighted by Gasteiger charge is -2.04. The maximum absolute atomic E-state index is 11.9. The number of anilines is 2. The van der Waals surface area contributed by atoms with Crippen LogP contribution < -0.4 is 10.6 Å². The number of halogens is 2. The molecule has 2 N–H and O–H groups in total. The maximum atomic E-state index is 11.9. The van der Waals surface area contributed by atoms with Crippen LogP contribution >= 0.6 is 34.5 Å². The molecule has 0 saturated heterocycles. The van der Waals surface area contributed by atoms with E-state index in [0.717, 1.165) is 11.3 Å². The molecule has 0 aliphatic rings. The number of carbonyl (C=O) groups is 1. The Morgan fingerprint density at radius 2 is 2.24 bits per heavy atom. The first-order chi connectivity index (χ1) is 11.9. The summed E-state index contributed by atoms with van der Waals surface area (Å²) in [6, 6.07) is 7.40. The number of nitrogens with one attached hydrogen (secondary N) is 2. The van der Waals surface area contributed by atoms with Crippen LogP contribution in [0.1, 0.15) is 10.4 Å². The van der Waals surface area contributed by atoms with Crippen molar-refractivity contribution < 1.29 is 4.79 Å². The number of amides is 1. The monoisotopic (exact) mass is 392 g/mol. The number of hydrogen-bond acceptors (Lipinski definition) is 5. The molecule has 0 aliphatic carbocycles. The van der Waals surface area contributed by atoms with Gasteiger partial charge in [0.25, 0.3) is 5.91 Å². The molecular weight excluding hydrogens is 379 g/mol. The zero-order valence-electron chi connectivity index (χ0n) is 13.3. The Kier molecular flexibility index (Phi) is 6.59. The van der Waals surface area contributed by atoms with Gasteiger partial charge in [-0.15, -0.1) is 6.58 Å². The lowest BCUT2D eigenvalue weighted by atomic mass is 10.2. The Morgan fingerprint density at radius 3 is 2.88 bits per heavy atom. The summed E-state index contributed by atoms with van der Waals surface area (Å²) in [5.74, 6) is -0.494. The van der Waals surface area contributed by atoms with Crippen LogP contribution in [0.2, 0.25) is 10.2 Å². The SMILES string of the molecule is C=CCNC(=O)/C(C#N)=C/c1sc(Nc2ccc(C)c(Cl)c2)nc1Cl. The molecule has 0 saturated carbocycles. The Morgan fingerprint density at radius 1 is 1.48 bits per heavy atom. The summed E-state index contributed by atoms with van der Waals surface area (Å²) in [6.07, 6.45) is 2.94. The van der Waals surface area contributed by atoms with E-state index < -0.39 is 5.91 Å². The molecule has 128 valence electrons. The predicted molar refractivity (Wildman–Crippen MR) is 103 cm³/mol. The molecule has 0 fully saturated rings. The summed E-state index contributed by atoms with van der Waals surface area (Å²) in [7, 11) is 0. The van der Waals surface area contributed by atoms with Crippen molar-refractivity contribution in [3.63, 3.8) is 0 Å². The van der Waals surface area contributed by atoms with Gasteiger partial charge in [-0.3, -0.25) is 4.79 Å². The molecule has 0 bridgehead atoms. The number of thiazole rings is 1. The normalized spacial score (nSPS) is 10.9. The van der Waals surface area contributed by atoms with Crippen LogP contribution in [0, 0.1) is 18.3 Å². The van der Waals surface area contributed by atoms with E-state index in [0.29, 0.717) is 15.0 Å². The fourth-order valence-electron chi connectivity index (χ4n) is 1.79. The van der Waals surface area contributed by atoms with E-state index in [1.807, 2.05) is 25.1 Å². The van der Waals surface area contributed by atoms with Crippen molar-refractivity contribution >= 4 is 57.3 Å². The van der Waals surface area contributed by atoms with Crippen LogP contribution in [0.4, 0.5) is 10.8 Å². The zero-order valence-corrected chi connectivity index (χ0v) is 15.6. The van der Waals surface area contributed by atoms with Gasteiger partial charge in [-0.2, -0.15) is 5.26 Å². The molecule has 1 aromatic heterocycles. The third-order valence-electron chi connectivity index (χ3n) is 3.08. The molecule has 0 radical (unpaired) electrons. The molecule has 2 aromatic rings. The zero-order chi connectivity index (χ0) is 18.4. The number of benzene rings is 1. The predicted octanol–water partition coefficient (Wildman–Crippen LogP) is 4.71. The van der Waals surface area contributed by atoms with Crippen LogP contribution in [0.25, 0.3) is 6.08 Å². The number of aryl methyl sites for hydroxylation is 1. The van der Waals surface area contributed by atoms with E-state index in [2.05, 4.69) is 22.2 Å². The Hall–Kier alpha value is -2.33. The van der Waals surface area contributed by atoms with Crippen molar-refractivity contribution in [3.05, 3.63) is 57.0 Å². The molecule has 0 unspecified atom stereocenters. The van der Waals surface area contributed by atoms with Crippen LogP contribution in [0.5, 0.6) is 0 Å². The summed E-state index contributed by atoms with van der Waals surface area (Å²) >= 11 is 13.4. The van der Waals surface area contributed by atoms with E-state index >= 15 is 0 Å². The molecular formula is C17H14Cl2N4OS. The van der Waals surface area contributed by atoms with Gasteiger partial charge in [0.15, 0.2) is 5.13 Å². The minimum absolute atomic E-state index is 0.0580. The number of nitriles is 1. The number of hydrogen-bond donors (Lipinski definition) is 2. The van der Waals surface area contributed by atoms with E-state index in [-0.39, 0.29) is 17.3 Å². The molecule has 0 spiro atoms. The summed E-state index contributed by atoms with van der Waals surface area (Å²) < 4.78 is 0. The third-order valence-corrected chi connectivity index (χ3v) is 4.81. The van der Waals surface area contributed by atoms with Gasteiger partial charge < -0.3 is 10.6 Å². The van der Waals surface area contributed by atoms with Crippen LogP contribution in [0.15, 0.2) is 36.4 Å². The molecule has 1 amide bonds. The van der Waals surface area contributed by atoms with E-state index in [4.69, 9.17) is 28.5 Å². The number of aromatic nitrogens is 1. The van der Waals surface area contributed by atoms with Crippen molar-refractivity contribution in [2.75, 3.05) is 11.9 Å². The molecule has 5 nitrogen and oxygen atoms in total. The summed E-state index contributed by atoms with van der Waals surface area (Å²) in [4.78, 5) is 16.6. The minimum atomic E-state index is -0.494. The maximum Gasteiger partial charge on any atom is 0.262 e. The second-order valence-electron chi connectivity index (χ2n) is 4.93.